The molecule has 92 valence electrons. The van der Waals surface area contributed by atoms with Crippen LogP contribution in [0.1, 0.15) is 17.3 Å². The van der Waals surface area contributed by atoms with Gasteiger partial charge in [0.2, 0.25) is 5.91 Å². The Balaban J connectivity index is 2.68. The number of hydrogen-bond donors (Lipinski definition) is 2. The lowest BCUT2D eigenvalue weighted by Crippen LogP contribution is -2.37. The van der Waals surface area contributed by atoms with Gasteiger partial charge < -0.3 is 10.6 Å². The highest BCUT2D eigenvalue weighted by Gasteiger charge is 2.15. The summed E-state index contributed by atoms with van der Waals surface area (Å²) in [5.74, 6) is -1.57. The predicted octanol–water partition coefficient (Wildman–Crippen LogP) is 1.45. The molecule has 2 N–H and O–H groups in total. The van der Waals surface area contributed by atoms with Gasteiger partial charge in [-0.3, -0.25) is 9.59 Å². The second-order valence-electron chi connectivity index (χ2n) is 3.23. The van der Waals surface area contributed by atoms with Crippen molar-refractivity contribution in [1.29, 1.82) is 0 Å². The molecule has 0 aliphatic heterocycles. The molecule has 0 radical (unpaired) electrons. The fourth-order valence-corrected chi connectivity index (χ4v) is 1.75. The largest absolute Gasteiger partial charge is 0.355 e. The maximum Gasteiger partial charge on any atom is 0.255 e. The maximum atomic E-state index is 13.4. The summed E-state index contributed by atoms with van der Waals surface area (Å²) in [6.07, 6.45) is 0. The molecule has 2 amide bonds. The number of carbonyl (C=O) groups is 2. The quantitative estimate of drug-likeness (QED) is 0.884. The van der Waals surface area contributed by atoms with Crippen LogP contribution in [0.3, 0.4) is 0 Å². The minimum absolute atomic E-state index is 0.100. The summed E-state index contributed by atoms with van der Waals surface area (Å²) in [5, 5.41) is 4.87. The van der Waals surface area contributed by atoms with Gasteiger partial charge in [0.05, 0.1) is 12.1 Å². The third-order valence-electron chi connectivity index (χ3n) is 1.97. The Kier molecular flexibility index (Phi) is 5.09. The average molecular weight is 303 g/mol. The Morgan fingerprint density at radius 2 is 2.06 bits per heavy atom. The lowest BCUT2D eigenvalue weighted by Gasteiger charge is -2.07. The summed E-state index contributed by atoms with van der Waals surface area (Å²) in [4.78, 5) is 22.8. The van der Waals surface area contributed by atoms with Gasteiger partial charge in [-0.2, -0.15) is 0 Å². The van der Waals surface area contributed by atoms with E-state index in [2.05, 4.69) is 26.6 Å². The second-order valence-corrected chi connectivity index (χ2v) is 4.09. The molecule has 1 rings (SSSR count). The molecule has 0 unspecified atom stereocenters. The third-order valence-corrected chi connectivity index (χ3v) is 2.63. The van der Waals surface area contributed by atoms with Crippen molar-refractivity contribution in [3.8, 4) is 0 Å². The molecule has 0 aromatic heterocycles. The lowest BCUT2D eigenvalue weighted by atomic mass is 10.2. The second kappa shape index (κ2) is 6.34. The number of likely N-dealkylation sites (N-methyl/N-ethyl adjacent to an activating group) is 1. The minimum atomic E-state index is -0.632. The Hall–Kier alpha value is -1.43. The number of amides is 2. The molecule has 4 nitrogen and oxygen atoms in total. The molecule has 0 heterocycles. The number of hydrogen-bond acceptors (Lipinski definition) is 2. The normalized spacial score (nSPS) is 9.82. The average Bonchev–Trinajstić information content (AvgIpc) is 2.26. The van der Waals surface area contributed by atoms with E-state index in [1.165, 1.54) is 12.1 Å². The van der Waals surface area contributed by atoms with Gasteiger partial charge in [0.25, 0.3) is 5.91 Å². The molecule has 0 bridgehead atoms. The van der Waals surface area contributed by atoms with Gasteiger partial charge >= 0.3 is 0 Å². The van der Waals surface area contributed by atoms with Gasteiger partial charge in [0.15, 0.2) is 0 Å². The Morgan fingerprint density at radius 3 is 2.65 bits per heavy atom. The molecule has 0 spiro atoms. The van der Waals surface area contributed by atoms with E-state index in [1.807, 2.05) is 0 Å². The van der Waals surface area contributed by atoms with Crippen LogP contribution in [0.4, 0.5) is 4.39 Å². The van der Waals surface area contributed by atoms with E-state index in [0.29, 0.717) is 11.0 Å². The monoisotopic (exact) mass is 302 g/mol. The summed E-state index contributed by atoms with van der Waals surface area (Å²) in [7, 11) is 0. The van der Waals surface area contributed by atoms with E-state index in [9.17, 15) is 14.0 Å². The topological polar surface area (TPSA) is 58.2 Å². The Bertz CT molecular complexity index is 417. The number of carbonyl (C=O) groups excluding carboxylic acids is 2. The van der Waals surface area contributed by atoms with Crippen LogP contribution < -0.4 is 10.6 Å². The smallest absolute Gasteiger partial charge is 0.255 e. The first-order chi connectivity index (χ1) is 8.06. The van der Waals surface area contributed by atoms with E-state index < -0.39 is 11.7 Å². The van der Waals surface area contributed by atoms with Crippen molar-refractivity contribution >= 4 is 27.7 Å². The zero-order valence-corrected chi connectivity index (χ0v) is 10.8. The Morgan fingerprint density at radius 1 is 1.35 bits per heavy atom. The van der Waals surface area contributed by atoms with Crippen molar-refractivity contribution in [2.75, 3.05) is 13.1 Å². The summed E-state index contributed by atoms with van der Waals surface area (Å²) in [6, 6.07) is 4.23. The van der Waals surface area contributed by atoms with E-state index in [-0.39, 0.29) is 18.0 Å². The number of rotatable bonds is 4. The molecule has 0 atom stereocenters. The highest BCUT2D eigenvalue weighted by atomic mass is 79.9. The lowest BCUT2D eigenvalue weighted by molar-refractivity contribution is -0.120. The van der Waals surface area contributed by atoms with Gasteiger partial charge in [-0.05, 0) is 35.0 Å². The van der Waals surface area contributed by atoms with Gasteiger partial charge in [0.1, 0.15) is 5.82 Å². The number of nitrogens with one attached hydrogen (secondary N) is 2. The first-order valence-corrected chi connectivity index (χ1v) is 5.84. The maximum absolute atomic E-state index is 13.4. The van der Waals surface area contributed by atoms with E-state index >= 15 is 0 Å². The number of halogens is 2. The van der Waals surface area contributed by atoms with Crippen LogP contribution in [0.25, 0.3) is 0 Å². The third kappa shape index (κ3) is 3.81. The van der Waals surface area contributed by atoms with Crippen LogP contribution in [-0.2, 0) is 4.79 Å². The summed E-state index contributed by atoms with van der Waals surface area (Å²) < 4.78 is 13.7. The first-order valence-electron chi connectivity index (χ1n) is 5.05. The molecule has 0 aliphatic rings. The molecule has 6 heteroatoms. The van der Waals surface area contributed by atoms with E-state index in [1.54, 1.807) is 13.0 Å². The highest BCUT2D eigenvalue weighted by Crippen LogP contribution is 2.19. The molecule has 0 fully saturated rings. The Labute approximate surface area is 107 Å². The van der Waals surface area contributed by atoms with Crippen molar-refractivity contribution in [3.05, 3.63) is 34.1 Å². The molecule has 1 aromatic carbocycles. The molecule has 17 heavy (non-hydrogen) atoms. The van der Waals surface area contributed by atoms with Crippen molar-refractivity contribution in [2.24, 2.45) is 0 Å². The van der Waals surface area contributed by atoms with Crippen molar-refractivity contribution in [2.45, 2.75) is 6.92 Å². The van der Waals surface area contributed by atoms with Gasteiger partial charge in [-0.1, -0.05) is 6.07 Å². The molecule has 0 aliphatic carbocycles. The zero-order chi connectivity index (χ0) is 12.8. The standard InChI is InChI=1S/C11H12BrFN2O2/c1-2-14-9(16)6-15-11(17)10-7(12)4-3-5-8(10)13/h3-5H,2,6H2,1H3,(H,14,16)(H,15,17). The predicted molar refractivity (Wildman–Crippen MR) is 65.1 cm³/mol. The molecule has 0 saturated carbocycles. The van der Waals surface area contributed by atoms with Crippen LogP contribution in [0.2, 0.25) is 0 Å². The van der Waals surface area contributed by atoms with Gasteiger partial charge in [-0.15, -0.1) is 0 Å². The van der Waals surface area contributed by atoms with Crippen LogP contribution in [0.15, 0.2) is 22.7 Å². The van der Waals surface area contributed by atoms with Crippen LogP contribution in [0, 0.1) is 5.82 Å². The fraction of sp³-hybridized carbons (Fsp3) is 0.273. The number of benzene rings is 1. The molecule has 1 aromatic rings. The fourth-order valence-electron chi connectivity index (χ4n) is 1.22. The van der Waals surface area contributed by atoms with Crippen molar-refractivity contribution in [3.63, 3.8) is 0 Å². The van der Waals surface area contributed by atoms with Gasteiger partial charge in [-0.25, -0.2) is 4.39 Å². The van der Waals surface area contributed by atoms with Crippen LogP contribution in [-0.4, -0.2) is 24.9 Å². The summed E-state index contributed by atoms with van der Waals surface area (Å²) >= 11 is 3.08. The summed E-state index contributed by atoms with van der Waals surface area (Å²) in [6.45, 7) is 2.08. The summed E-state index contributed by atoms with van der Waals surface area (Å²) in [5.41, 5.74) is -0.100. The SMILES string of the molecule is CCNC(=O)CNC(=O)c1c(F)cccc1Br. The van der Waals surface area contributed by atoms with Gasteiger partial charge in [0, 0.05) is 11.0 Å². The van der Waals surface area contributed by atoms with Crippen molar-refractivity contribution < 1.29 is 14.0 Å². The zero-order valence-electron chi connectivity index (χ0n) is 9.22. The molecular weight excluding hydrogens is 291 g/mol. The highest BCUT2D eigenvalue weighted by molar-refractivity contribution is 9.10. The molecular formula is C11H12BrFN2O2. The van der Waals surface area contributed by atoms with E-state index in [4.69, 9.17) is 0 Å². The minimum Gasteiger partial charge on any atom is -0.355 e. The van der Waals surface area contributed by atoms with E-state index in [0.717, 1.165) is 0 Å². The van der Waals surface area contributed by atoms with Crippen LogP contribution in [0.5, 0.6) is 0 Å². The molecule has 0 saturated heterocycles. The van der Waals surface area contributed by atoms with Crippen LogP contribution >= 0.6 is 15.9 Å². The first kappa shape index (κ1) is 13.6. The van der Waals surface area contributed by atoms with Crippen molar-refractivity contribution in [1.82, 2.24) is 10.6 Å².